The molecule has 0 radical (unpaired) electrons. The minimum absolute atomic E-state index is 0.0107. The Balaban J connectivity index is 2.11. The van der Waals surface area contributed by atoms with Crippen molar-refractivity contribution in [2.45, 2.75) is 57.9 Å². The zero-order valence-corrected chi connectivity index (χ0v) is 12.6. The summed E-state index contributed by atoms with van der Waals surface area (Å²) >= 11 is 0. The first-order valence-electron chi connectivity index (χ1n) is 7.50. The van der Waals surface area contributed by atoms with Crippen molar-refractivity contribution < 1.29 is 22.7 Å². The van der Waals surface area contributed by atoms with Crippen molar-refractivity contribution in [1.29, 1.82) is 0 Å². The number of ether oxygens (including phenoxy) is 1. The SMILES string of the molecule is CC(C)OCCCCNC(=O)C1CCC(C(F)(F)F)CN1. The van der Waals surface area contributed by atoms with Crippen LogP contribution in [0, 0.1) is 5.92 Å². The van der Waals surface area contributed by atoms with Crippen LogP contribution in [0.2, 0.25) is 0 Å². The van der Waals surface area contributed by atoms with Gasteiger partial charge in [0.05, 0.1) is 18.1 Å². The van der Waals surface area contributed by atoms with Crippen LogP contribution in [0.4, 0.5) is 13.2 Å². The van der Waals surface area contributed by atoms with Crippen molar-refractivity contribution in [3.8, 4) is 0 Å². The fraction of sp³-hybridized carbons (Fsp3) is 0.929. The molecule has 1 saturated heterocycles. The van der Waals surface area contributed by atoms with Gasteiger partial charge in [-0.3, -0.25) is 4.79 Å². The van der Waals surface area contributed by atoms with Crippen LogP contribution >= 0.6 is 0 Å². The topological polar surface area (TPSA) is 50.4 Å². The Morgan fingerprint density at radius 2 is 2.05 bits per heavy atom. The van der Waals surface area contributed by atoms with Crippen LogP contribution in [0.5, 0.6) is 0 Å². The van der Waals surface area contributed by atoms with Gasteiger partial charge in [0.25, 0.3) is 0 Å². The predicted octanol–water partition coefficient (Wildman–Crippen LogP) is 2.24. The van der Waals surface area contributed by atoms with Gasteiger partial charge in [-0.1, -0.05) is 0 Å². The van der Waals surface area contributed by atoms with Crippen molar-refractivity contribution in [2.24, 2.45) is 5.92 Å². The van der Waals surface area contributed by atoms with Crippen molar-refractivity contribution >= 4 is 5.91 Å². The maximum atomic E-state index is 12.5. The van der Waals surface area contributed by atoms with Gasteiger partial charge in [-0.2, -0.15) is 13.2 Å². The van der Waals surface area contributed by atoms with Gasteiger partial charge >= 0.3 is 6.18 Å². The van der Waals surface area contributed by atoms with Crippen molar-refractivity contribution in [2.75, 3.05) is 19.7 Å². The lowest BCUT2D eigenvalue weighted by atomic mass is 9.94. The molecule has 0 aromatic carbocycles. The van der Waals surface area contributed by atoms with E-state index in [1.807, 2.05) is 13.8 Å². The molecule has 1 aliphatic rings. The van der Waals surface area contributed by atoms with Crippen LogP contribution in [0.25, 0.3) is 0 Å². The lowest BCUT2D eigenvalue weighted by Crippen LogP contribution is -2.51. The minimum atomic E-state index is -4.18. The second kappa shape index (κ2) is 8.58. The number of piperidine rings is 1. The zero-order valence-electron chi connectivity index (χ0n) is 12.6. The molecule has 0 aliphatic carbocycles. The van der Waals surface area contributed by atoms with Gasteiger partial charge in [-0.15, -0.1) is 0 Å². The molecule has 1 amide bonds. The number of unbranched alkanes of at least 4 members (excludes halogenated alkanes) is 1. The molecule has 1 heterocycles. The number of amides is 1. The number of rotatable bonds is 7. The summed E-state index contributed by atoms with van der Waals surface area (Å²) in [6.45, 7) is 4.93. The highest BCUT2D eigenvalue weighted by molar-refractivity contribution is 5.81. The fourth-order valence-electron chi connectivity index (χ4n) is 2.24. The van der Waals surface area contributed by atoms with Crippen LogP contribution in [0.3, 0.4) is 0 Å². The molecule has 1 fully saturated rings. The normalized spacial score (nSPS) is 23.3. The van der Waals surface area contributed by atoms with E-state index in [0.29, 0.717) is 13.2 Å². The Kier molecular flexibility index (Phi) is 7.45. The summed E-state index contributed by atoms with van der Waals surface area (Å²) in [5.41, 5.74) is 0. The second-order valence-electron chi connectivity index (χ2n) is 5.69. The van der Waals surface area contributed by atoms with Crippen LogP contribution < -0.4 is 10.6 Å². The summed E-state index contributed by atoms with van der Waals surface area (Å²) in [7, 11) is 0. The Bertz CT molecular complexity index is 314. The average Bonchev–Trinajstić information content (AvgIpc) is 2.41. The number of alkyl halides is 3. The summed E-state index contributed by atoms with van der Waals surface area (Å²) in [4.78, 5) is 11.8. The molecule has 2 atom stereocenters. The van der Waals surface area contributed by atoms with E-state index in [9.17, 15) is 18.0 Å². The van der Waals surface area contributed by atoms with E-state index in [0.717, 1.165) is 12.8 Å². The number of hydrogen-bond acceptors (Lipinski definition) is 3. The van der Waals surface area contributed by atoms with Gasteiger partial charge in [-0.25, -0.2) is 0 Å². The molecular formula is C14H25F3N2O2. The summed E-state index contributed by atoms with van der Waals surface area (Å²) < 4.78 is 42.9. The van der Waals surface area contributed by atoms with Gasteiger partial charge in [0.2, 0.25) is 5.91 Å². The highest BCUT2D eigenvalue weighted by Crippen LogP contribution is 2.31. The molecule has 0 spiro atoms. The maximum absolute atomic E-state index is 12.5. The number of nitrogens with one attached hydrogen (secondary N) is 2. The summed E-state index contributed by atoms with van der Waals surface area (Å²) in [5.74, 6) is -1.55. The van der Waals surface area contributed by atoms with E-state index in [-0.39, 0.29) is 31.4 Å². The van der Waals surface area contributed by atoms with Gasteiger partial charge in [0.15, 0.2) is 0 Å². The Labute approximate surface area is 123 Å². The van der Waals surface area contributed by atoms with Crippen molar-refractivity contribution in [3.63, 3.8) is 0 Å². The number of carbonyl (C=O) groups is 1. The van der Waals surface area contributed by atoms with Crippen LogP contribution in [-0.2, 0) is 9.53 Å². The lowest BCUT2D eigenvalue weighted by Gasteiger charge is -2.30. The van der Waals surface area contributed by atoms with E-state index in [2.05, 4.69) is 10.6 Å². The van der Waals surface area contributed by atoms with Gasteiger partial charge in [0, 0.05) is 19.7 Å². The van der Waals surface area contributed by atoms with Gasteiger partial charge in [-0.05, 0) is 39.5 Å². The molecule has 21 heavy (non-hydrogen) atoms. The molecule has 0 bridgehead atoms. The second-order valence-corrected chi connectivity index (χ2v) is 5.69. The van der Waals surface area contributed by atoms with Crippen molar-refractivity contribution in [1.82, 2.24) is 10.6 Å². The van der Waals surface area contributed by atoms with E-state index in [4.69, 9.17) is 4.74 Å². The summed E-state index contributed by atoms with van der Waals surface area (Å²) in [6.07, 6.45) is -2.08. The Hall–Kier alpha value is -0.820. The third-order valence-electron chi connectivity index (χ3n) is 3.52. The van der Waals surface area contributed by atoms with E-state index < -0.39 is 18.1 Å². The number of halogens is 3. The van der Waals surface area contributed by atoms with Gasteiger partial charge in [0.1, 0.15) is 0 Å². The quantitative estimate of drug-likeness (QED) is 0.709. The third-order valence-corrected chi connectivity index (χ3v) is 3.52. The molecule has 4 nitrogen and oxygen atoms in total. The van der Waals surface area contributed by atoms with E-state index in [1.54, 1.807) is 0 Å². The molecule has 124 valence electrons. The van der Waals surface area contributed by atoms with Gasteiger partial charge < -0.3 is 15.4 Å². The standard InChI is InChI=1S/C14H25F3N2O2/c1-10(2)21-8-4-3-7-18-13(20)12-6-5-11(9-19-12)14(15,16)17/h10-12,19H,3-9H2,1-2H3,(H,18,20). The summed E-state index contributed by atoms with van der Waals surface area (Å²) in [5, 5.41) is 5.44. The van der Waals surface area contributed by atoms with Crippen molar-refractivity contribution in [3.05, 3.63) is 0 Å². The molecule has 2 unspecified atom stereocenters. The number of carbonyl (C=O) groups excluding carboxylic acids is 1. The fourth-order valence-corrected chi connectivity index (χ4v) is 2.24. The molecule has 1 rings (SSSR count). The maximum Gasteiger partial charge on any atom is 0.393 e. The first kappa shape index (κ1) is 18.2. The third kappa shape index (κ3) is 7.13. The molecular weight excluding hydrogens is 285 g/mol. The zero-order chi connectivity index (χ0) is 15.9. The molecule has 0 aromatic heterocycles. The molecule has 7 heteroatoms. The van der Waals surface area contributed by atoms with Crippen LogP contribution in [0.15, 0.2) is 0 Å². The monoisotopic (exact) mass is 310 g/mol. The summed E-state index contributed by atoms with van der Waals surface area (Å²) in [6, 6.07) is -0.504. The smallest absolute Gasteiger partial charge is 0.379 e. The Morgan fingerprint density at radius 1 is 1.33 bits per heavy atom. The molecule has 1 aliphatic heterocycles. The number of hydrogen-bond donors (Lipinski definition) is 2. The minimum Gasteiger partial charge on any atom is -0.379 e. The molecule has 0 aromatic rings. The molecule has 0 saturated carbocycles. The highest BCUT2D eigenvalue weighted by atomic mass is 19.4. The first-order valence-corrected chi connectivity index (χ1v) is 7.50. The van der Waals surface area contributed by atoms with Crippen LogP contribution in [-0.4, -0.2) is 43.9 Å². The first-order chi connectivity index (χ1) is 9.80. The predicted molar refractivity (Wildman–Crippen MR) is 73.9 cm³/mol. The van der Waals surface area contributed by atoms with E-state index in [1.165, 1.54) is 0 Å². The average molecular weight is 310 g/mol. The lowest BCUT2D eigenvalue weighted by molar-refractivity contribution is -0.180. The largest absolute Gasteiger partial charge is 0.393 e. The highest BCUT2D eigenvalue weighted by Gasteiger charge is 2.42. The molecule has 2 N–H and O–H groups in total. The van der Waals surface area contributed by atoms with E-state index >= 15 is 0 Å². The Morgan fingerprint density at radius 3 is 2.57 bits per heavy atom. The van der Waals surface area contributed by atoms with Crippen LogP contribution in [0.1, 0.15) is 39.5 Å².